The van der Waals surface area contributed by atoms with E-state index in [2.05, 4.69) is 5.32 Å². The fourth-order valence-corrected chi connectivity index (χ4v) is 2.78. The quantitative estimate of drug-likeness (QED) is 0.572. The average molecular weight is 169 g/mol. The molecule has 2 N–H and O–H groups in total. The monoisotopic (exact) mass is 169 g/mol. The lowest BCUT2D eigenvalue weighted by Gasteiger charge is -2.44. The molecule has 0 bridgehead atoms. The van der Waals surface area contributed by atoms with Gasteiger partial charge in [0, 0.05) is 12.0 Å². The Morgan fingerprint density at radius 1 is 1.17 bits per heavy atom. The zero-order valence-corrected chi connectivity index (χ0v) is 7.68. The molecule has 1 aliphatic heterocycles. The van der Waals surface area contributed by atoms with Gasteiger partial charge >= 0.3 is 0 Å². The Morgan fingerprint density at radius 2 is 2.00 bits per heavy atom. The van der Waals surface area contributed by atoms with Crippen LogP contribution in [0.4, 0.5) is 0 Å². The molecule has 2 fully saturated rings. The van der Waals surface area contributed by atoms with E-state index in [1.165, 1.54) is 32.1 Å². The highest BCUT2D eigenvalue weighted by Crippen LogP contribution is 2.41. The van der Waals surface area contributed by atoms with Crippen molar-refractivity contribution in [2.75, 3.05) is 13.1 Å². The number of aliphatic hydroxyl groups is 1. The zero-order valence-electron chi connectivity index (χ0n) is 7.68. The summed E-state index contributed by atoms with van der Waals surface area (Å²) in [6.07, 6.45) is 7.27. The average Bonchev–Trinajstić information content (AvgIpc) is 2.12. The van der Waals surface area contributed by atoms with Crippen molar-refractivity contribution in [3.8, 4) is 0 Å². The largest absolute Gasteiger partial charge is 0.393 e. The molecule has 0 amide bonds. The van der Waals surface area contributed by atoms with Crippen LogP contribution in [0.5, 0.6) is 0 Å². The fraction of sp³-hybridized carbons (Fsp3) is 1.00. The molecule has 0 aromatic rings. The number of piperidine rings is 1. The van der Waals surface area contributed by atoms with Crippen LogP contribution in [0.15, 0.2) is 0 Å². The Hall–Kier alpha value is -0.0800. The minimum atomic E-state index is -0.0287. The van der Waals surface area contributed by atoms with Crippen LogP contribution in [-0.2, 0) is 0 Å². The number of hydrogen-bond acceptors (Lipinski definition) is 2. The van der Waals surface area contributed by atoms with E-state index in [1.54, 1.807) is 0 Å². The first kappa shape index (κ1) is 8.52. The standard InChI is InChI=1S/C10H19NO/c12-9-4-1-2-5-10(9)6-3-7-11-8-10/h9,11-12H,1-8H2/t9?,10-/m0/s1. The Morgan fingerprint density at radius 3 is 2.67 bits per heavy atom. The van der Waals surface area contributed by atoms with Gasteiger partial charge in [0.15, 0.2) is 0 Å². The van der Waals surface area contributed by atoms with Crippen LogP contribution in [0.1, 0.15) is 38.5 Å². The van der Waals surface area contributed by atoms with E-state index in [0.717, 1.165) is 19.5 Å². The van der Waals surface area contributed by atoms with Crippen molar-refractivity contribution in [2.45, 2.75) is 44.6 Å². The molecule has 2 nitrogen and oxygen atoms in total. The molecular weight excluding hydrogens is 150 g/mol. The molecule has 1 spiro atoms. The van der Waals surface area contributed by atoms with Crippen LogP contribution in [-0.4, -0.2) is 24.3 Å². The summed E-state index contributed by atoms with van der Waals surface area (Å²) in [5.74, 6) is 0. The molecule has 1 heterocycles. The second-order valence-electron chi connectivity index (χ2n) is 4.40. The molecule has 0 aromatic carbocycles. The number of nitrogens with one attached hydrogen (secondary N) is 1. The predicted octanol–water partition coefficient (Wildman–Crippen LogP) is 1.29. The van der Waals surface area contributed by atoms with Crippen LogP contribution in [0.2, 0.25) is 0 Å². The van der Waals surface area contributed by atoms with Gasteiger partial charge in [-0.3, -0.25) is 0 Å². The first-order valence-corrected chi connectivity index (χ1v) is 5.22. The summed E-state index contributed by atoms with van der Waals surface area (Å²) in [6, 6.07) is 0. The van der Waals surface area contributed by atoms with Crippen molar-refractivity contribution in [3.63, 3.8) is 0 Å². The van der Waals surface area contributed by atoms with E-state index < -0.39 is 0 Å². The van der Waals surface area contributed by atoms with Crippen LogP contribution < -0.4 is 5.32 Å². The third kappa shape index (κ3) is 1.38. The maximum Gasteiger partial charge on any atom is 0.0608 e. The van der Waals surface area contributed by atoms with Gasteiger partial charge in [0.2, 0.25) is 0 Å². The summed E-state index contributed by atoms with van der Waals surface area (Å²) in [5.41, 5.74) is 0.260. The number of aliphatic hydroxyl groups excluding tert-OH is 1. The molecule has 1 aliphatic carbocycles. The Labute approximate surface area is 74.4 Å². The Balaban J connectivity index is 2.04. The molecule has 1 saturated heterocycles. The van der Waals surface area contributed by atoms with Gasteiger partial charge in [-0.15, -0.1) is 0 Å². The third-order valence-electron chi connectivity index (χ3n) is 3.61. The molecule has 0 radical (unpaired) electrons. The minimum absolute atomic E-state index is 0.0287. The van der Waals surface area contributed by atoms with Crippen LogP contribution in [0, 0.1) is 5.41 Å². The van der Waals surface area contributed by atoms with Gasteiger partial charge in [0.1, 0.15) is 0 Å². The molecule has 2 atom stereocenters. The van der Waals surface area contributed by atoms with Gasteiger partial charge in [0.25, 0.3) is 0 Å². The van der Waals surface area contributed by atoms with Crippen molar-refractivity contribution in [1.82, 2.24) is 5.32 Å². The Kier molecular flexibility index (Phi) is 2.37. The lowest BCUT2D eigenvalue weighted by atomic mass is 9.68. The number of rotatable bonds is 0. The van der Waals surface area contributed by atoms with Gasteiger partial charge in [-0.05, 0) is 32.2 Å². The highest BCUT2D eigenvalue weighted by atomic mass is 16.3. The zero-order chi connectivity index (χ0) is 8.44. The third-order valence-corrected chi connectivity index (χ3v) is 3.61. The maximum atomic E-state index is 9.94. The van der Waals surface area contributed by atoms with E-state index >= 15 is 0 Å². The fourth-order valence-electron chi connectivity index (χ4n) is 2.78. The molecule has 12 heavy (non-hydrogen) atoms. The minimum Gasteiger partial charge on any atom is -0.393 e. The highest BCUT2D eigenvalue weighted by Gasteiger charge is 2.40. The molecule has 2 heteroatoms. The Bertz CT molecular complexity index is 144. The molecular formula is C10H19NO. The van der Waals surface area contributed by atoms with E-state index in [-0.39, 0.29) is 11.5 Å². The van der Waals surface area contributed by atoms with Gasteiger partial charge < -0.3 is 10.4 Å². The summed E-state index contributed by atoms with van der Waals surface area (Å²) >= 11 is 0. The first-order chi connectivity index (χ1) is 5.83. The SMILES string of the molecule is OC1CCCC[C@@]12CCCNC2. The molecule has 70 valence electrons. The van der Waals surface area contributed by atoms with Gasteiger partial charge in [-0.2, -0.15) is 0 Å². The van der Waals surface area contributed by atoms with Crippen molar-refractivity contribution in [3.05, 3.63) is 0 Å². The van der Waals surface area contributed by atoms with Gasteiger partial charge in [0.05, 0.1) is 6.10 Å². The summed E-state index contributed by atoms with van der Waals surface area (Å²) in [4.78, 5) is 0. The second kappa shape index (κ2) is 3.35. The topological polar surface area (TPSA) is 32.3 Å². The van der Waals surface area contributed by atoms with Crippen LogP contribution in [0.3, 0.4) is 0 Å². The van der Waals surface area contributed by atoms with Crippen LogP contribution in [0.25, 0.3) is 0 Å². The van der Waals surface area contributed by atoms with Crippen molar-refractivity contribution < 1.29 is 5.11 Å². The van der Waals surface area contributed by atoms with Crippen molar-refractivity contribution in [2.24, 2.45) is 5.41 Å². The predicted molar refractivity (Wildman–Crippen MR) is 49.0 cm³/mol. The molecule has 2 rings (SSSR count). The van der Waals surface area contributed by atoms with Crippen molar-refractivity contribution in [1.29, 1.82) is 0 Å². The maximum absolute atomic E-state index is 9.94. The lowest BCUT2D eigenvalue weighted by Crippen LogP contribution is -2.49. The van der Waals surface area contributed by atoms with Crippen molar-refractivity contribution >= 4 is 0 Å². The molecule has 1 saturated carbocycles. The van der Waals surface area contributed by atoms with E-state index in [1.807, 2.05) is 0 Å². The first-order valence-electron chi connectivity index (χ1n) is 5.22. The molecule has 1 unspecified atom stereocenters. The second-order valence-corrected chi connectivity index (χ2v) is 4.40. The normalized spacial score (nSPS) is 43.2. The van der Waals surface area contributed by atoms with Gasteiger partial charge in [-0.25, -0.2) is 0 Å². The molecule has 2 aliphatic rings. The summed E-state index contributed by atoms with van der Waals surface area (Å²) in [7, 11) is 0. The highest BCUT2D eigenvalue weighted by molar-refractivity contribution is 4.93. The van der Waals surface area contributed by atoms with E-state index in [0.29, 0.717) is 0 Å². The van der Waals surface area contributed by atoms with E-state index in [9.17, 15) is 5.11 Å². The smallest absolute Gasteiger partial charge is 0.0608 e. The number of hydrogen-bond donors (Lipinski definition) is 2. The van der Waals surface area contributed by atoms with E-state index in [4.69, 9.17) is 0 Å². The summed E-state index contributed by atoms with van der Waals surface area (Å²) in [6.45, 7) is 2.20. The summed E-state index contributed by atoms with van der Waals surface area (Å²) in [5, 5.41) is 13.4. The molecule has 0 aromatic heterocycles. The summed E-state index contributed by atoms with van der Waals surface area (Å²) < 4.78 is 0. The van der Waals surface area contributed by atoms with Crippen LogP contribution >= 0.6 is 0 Å². The lowest BCUT2D eigenvalue weighted by molar-refractivity contribution is -0.0271. The van der Waals surface area contributed by atoms with Gasteiger partial charge in [-0.1, -0.05) is 12.8 Å².